The van der Waals surface area contributed by atoms with Gasteiger partial charge in [0.1, 0.15) is 0 Å². The number of nitrogen functional groups attached to an aromatic ring is 1. The normalized spacial score (nSPS) is 9.42. The maximum Gasteiger partial charge on any atom is 0.192 e. The molecule has 62 valence electrons. The van der Waals surface area contributed by atoms with Crippen molar-refractivity contribution in [3.63, 3.8) is 0 Å². The van der Waals surface area contributed by atoms with Gasteiger partial charge < -0.3 is 5.73 Å². The van der Waals surface area contributed by atoms with E-state index in [0.29, 0.717) is 16.4 Å². The first-order valence-corrected chi connectivity index (χ1v) is 4.02. The molecule has 0 aliphatic heterocycles. The Hall–Kier alpha value is -1.20. The number of halogens is 1. The van der Waals surface area contributed by atoms with Crippen LogP contribution in [0.15, 0.2) is 12.1 Å². The van der Waals surface area contributed by atoms with E-state index < -0.39 is 0 Å². The molecule has 0 saturated heterocycles. The summed E-state index contributed by atoms with van der Waals surface area (Å²) in [5, 5.41) is 0.457. The number of nitrogens with zero attached hydrogens (tertiary/aromatic N) is 1. The summed E-state index contributed by atoms with van der Waals surface area (Å²) >= 11 is 5.75. The zero-order chi connectivity index (χ0) is 9.14. The molecule has 0 aliphatic rings. The Kier molecular flexibility index (Phi) is 2.57. The topological polar surface area (TPSA) is 30.4 Å². The highest BCUT2D eigenvalue weighted by atomic mass is 35.5. The van der Waals surface area contributed by atoms with Gasteiger partial charge in [-0.25, -0.2) is 4.85 Å². The molecular formula is C9H9ClN2. The lowest BCUT2D eigenvalue weighted by Crippen LogP contribution is -1.89. The number of hydrogen-bond donors (Lipinski definition) is 1. The van der Waals surface area contributed by atoms with Crippen molar-refractivity contribution in [2.75, 3.05) is 5.73 Å². The molecule has 3 heteroatoms. The van der Waals surface area contributed by atoms with E-state index in [-0.39, 0.29) is 0 Å². The Bertz CT molecular complexity index is 339. The Labute approximate surface area is 76.8 Å². The van der Waals surface area contributed by atoms with E-state index in [4.69, 9.17) is 23.9 Å². The fourth-order valence-corrected chi connectivity index (χ4v) is 1.17. The van der Waals surface area contributed by atoms with Crippen molar-refractivity contribution in [1.29, 1.82) is 0 Å². The van der Waals surface area contributed by atoms with Gasteiger partial charge in [0.25, 0.3) is 0 Å². The van der Waals surface area contributed by atoms with Gasteiger partial charge in [-0.1, -0.05) is 18.5 Å². The Morgan fingerprint density at radius 1 is 1.58 bits per heavy atom. The van der Waals surface area contributed by atoms with Gasteiger partial charge in [-0.3, -0.25) is 0 Å². The van der Waals surface area contributed by atoms with Crippen molar-refractivity contribution in [3.05, 3.63) is 34.1 Å². The summed E-state index contributed by atoms with van der Waals surface area (Å²) in [6.45, 7) is 8.86. The number of aryl methyl sites for hydroxylation is 1. The van der Waals surface area contributed by atoms with Crippen LogP contribution in [0.1, 0.15) is 12.5 Å². The molecule has 0 heterocycles. The third-order valence-electron chi connectivity index (χ3n) is 1.70. The lowest BCUT2D eigenvalue weighted by atomic mass is 10.1. The Balaban J connectivity index is 3.31. The van der Waals surface area contributed by atoms with Gasteiger partial charge in [-0.15, -0.1) is 0 Å². The van der Waals surface area contributed by atoms with Crippen LogP contribution in [-0.4, -0.2) is 0 Å². The van der Waals surface area contributed by atoms with Crippen LogP contribution in [0, 0.1) is 6.57 Å². The molecule has 0 aliphatic carbocycles. The predicted octanol–water partition coefficient (Wildman–Crippen LogP) is 3.04. The number of benzene rings is 1. The molecule has 1 rings (SSSR count). The molecule has 0 saturated carbocycles. The SMILES string of the molecule is [C-]#[N+]c1cc(Cl)c(N)cc1CC. The predicted molar refractivity (Wildman–Crippen MR) is 51.5 cm³/mol. The van der Waals surface area contributed by atoms with Gasteiger partial charge in [0.2, 0.25) is 0 Å². The molecule has 0 unspecified atom stereocenters. The van der Waals surface area contributed by atoms with Crippen molar-refractivity contribution >= 4 is 23.0 Å². The monoisotopic (exact) mass is 180 g/mol. The molecule has 2 N–H and O–H groups in total. The van der Waals surface area contributed by atoms with E-state index in [1.54, 1.807) is 12.1 Å². The van der Waals surface area contributed by atoms with Gasteiger partial charge >= 0.3 is 0 Å². The van der Waals surface area contributed by atoms with Crippen LogP contribution in [0.3, 0.4) is 0 Å². The largest absolute Gasteiger partial charge is 0.398 e. The van der Waals surface area contributed by atoms with Crippen LogP contribution in [0.5, 0.6) is 0 Å². The van der Waals surface area contributed by atoms with Crippen LogP contribution < -0.4 is 5.73 Å². The van der Waals surface area contributed by atoms with E-state index in [9.17, 15) is 0 Å². The molecule has 12 heavy (non-hydrogen) atoms. The summed E-state index contributed by atoms with van der Waals surface area (Å²) in [6, 6.07) is 3.37. The molecule has 0 radical (unpaired) electrons. The highest BCUT2D eigenvalue weighted by Gasteiger charge is 2.04. The van der Waals surface area contributed by atoms with Crippen LogP contribution >= 0.6 is 11.6 Å². The van der Waals surface area contributed by atoms with Crippen LogP contribution in [-0.2, 0) is 6.42 Å². The second kappa shape index (κ2) is 3.46. The Morgan fingerprint density at radius 2 is 2.25 bits per heavy atom. The minimum Gasteiger partial charge on any atom is -0.398 e. The van der Waals surface area contributed by atoms with Crippen LogP contribution in [0.4, 0.5) is 11.4 Å². The molecule has 0 aromatic heterocycles. The summed E-state index contributed by atoms with van der Waals surface area (Å²) < 4.78 is 0. The lowest BCUT2D eigenvalue weighted by Gasteiger charge is -2.03. The molecule has 2 nitrogen and oxygen atoms in total. The van der Waals surface area contributed by atoms with E-state index in [1.165, 1.54) is 0 Å². The maximum atomic E-state index is 6.88. The molecule has 0 spiro atoms. The first kappa shape index (κ1) is 8.89. The molecule has 0 fully saturated rings. The fraction of sp³-hybridized carbons (Fsp3) is 0.222. The van der Waals surface area contributed by atoms with E-state index in [2.05, 4.69) is 4.85 Å². The second-order valence-corrected chi connectivity index (χ2v) is 2.87. The number of rotatable bonds is 1. The zero-order valence-corrected chi connectivity index (χ0v) is 7.52. The van der Waals surface area contributed by atoms with Crippen molar-refractivity contribution in [2.45, 2.75) is 13.3 Å². The van der Waals surface area contributed by atoms with E-state index in [1.807, 2.05) is 6.92 Å². The van der Waals surface area contributed by atoms with Gasteiger partial charge in [0, 0.05) is 5.69 Å². The Morgan fingerprint density at radius 3 is 2.75 bits per heavy atom. The average Bonchev–Trinajstić information content (AvgIpc) is 2.09. The summed E-state index contributed by atoms with van der Waals surface area (Å²) in [4.78, 5) is 3.35. The summed E-state index contributed by atoms with van der Waals surface area (Å²) in [7, 11) is 0. The van der Waals surface area contributed by atoms with Crippen LogP contribution in [0.25, 0.3) is 4.85 Å². The molecule has 0 atom stereocenters. The third-order valence-corrected chi connectivity index (χ3v) is 2.03. The van der Waals surface area contributed by atoms with Gasteiger partial charge in [0.15, 0.2) is 5.69 Å². The zero-order valence-electron chi connectivity index (χ0n) is 6.76. The quantitative estimate of drug-likeness (QED) is 0.523. The fourth-order valence-electron chi connectivity index (χ4n) is 1.01. The minimum atomic E-state index is 0.457. The third kappa shape index (κ3) is 1.51. The molecule has 0 amide bonds. The van der Waals surface area contributed by atoms with Gasteiger partial charge in [0.05, 0.1) is 11.6 Å². The maximum absolute atomic E-state index is 6.88. The molecule has 1 aromatic rings. The number of nitrogens with two attached hydrogens (primary N) is 1. The molecule has 1 aromatic carbocycles. The minimum absolute atomic E-state index is 0.457. The number of hydrogen-bond acceptors (Lipinski definition) is 1. The lowest BCUT2D eigenvalue weighted by molar-refractivity contribution is 1.15. The van der Waals surface area contributed by atoms with Crippen LogP contribution in [0.2, 0.25) is 5.02 Å². The molecular weight excluding hydrogens is 172 g/mol. The summed E-state index contributed by atoms with van der Waals surface area (Å²) in [6.07, 6.45) is 0.805. The van der Waals surface area contributed by atoms with Gasteiger partial charge in [-0.05, 0) is 24.1 Å². The first-order chi connectivity index (χ1) is 5.69. The van der Waals surface area contributed by atoms with E-state index in [0.717, 1.165) is 12.0 Å². The number of anilines is 1. The average molecular weight is 181 g/mol. The van der Waals surface area contributed by atoms with E-state index >= 15 is 0 Å². The molecule has 0 bridgehead atoms. The van der Waals surface area contributed by atoms with Crippen molar-refractivity contribution in [1.82, 2.24) is 0 Å². The smallest absolute Gasteiger partial charge is 0.192 e. The van der Waals surface area contributed by atoms with Gasteiger partial charge in [-0.2, -0.15) is 0 Å². The highest BCUT2D eigenvalue weighted by molar-refractivity contribution is 6.33. The van der Waals surface area contributed by atoms with Crippen molar-refractivity contribution < 1.29 is 0 Å². The second-order valence-electron chi connectivity index (χ2n) is 2.47. The highest BCUT2D eigenvalue weighted by Crippen LogP contribution is 2.29. The summed E-state index contributed by atoms with van der Waals surface area (Å²) in [5.74, 6) is 0. The standard InChI is InChI=1S/C9H9ClN2/c1-3-6-4-8(11)7(10)5-9(6)12-2/h4-5H,3,11H2,1H3. The summed E-state index contributed by atoms with van der Waals surface area (Å²) in [5.41, 5.74) is 7.67. The van der Waals surface area contributed by atoms with Crippen molar-refractivity contribution in [2.24, 2.45) is 0 Å². The first-order valence-electron chi connectivity index (χ1n) is 3.64. The van der Waals surface area contributed by atoms with Crippen molar-refractivity contribution in [3.8, 4) is 0 Å².